The molecule has 1 N–H and O–H groups in total. The molecule has 0 bridgehead atoms. The molecule has 88 valence electrons. The lowest BCUT2D eigenvalue weighted by Crippen LogP contribution is -2.36. The van der Waals surface area contributed by atoms with Gasteiger partial charge in [0.15, 0.2) is 5.89 Å². The number of carbonyl (C=O) groups is 1. The van der Waals surface area contributed by atoms with Gasteiger partial charge in [0, 0.05) is 19.5 Å². The van der Waals surface area contributed by atoms with Crippen LogP contribution in [0.15, 0.2) is 4.42 Å². The second kappa shape index (κ2) is 4.52. The number of aromatic carboxylic acids is 1. The van der Waals surface area contributed by atoms with Gasteiger partial charge in [-0.05, 0) is 0 Å². The molecular weight excluding hydrogens is 212 g/mol. The van der Waals surface area contributed by atoms with Crippen LogP contribution >= 0.6 is 0 Å². The molecule has 0 saturated carbocycles. The molecule has 1 aliphatic heterocycles. The summed E-state index contributed by atoms with van der Waals surface area (Å²) in [7, 11) is 0. The van der Waals surface area contributed by atoms with Crippen LogP contribution in [0.5, 0.6) is 0 Å². The summed E-state index contributed by atoms with van der Waals surface area (Å²) < 4.78 is 10.6. The van der Waals surface area contributed by atoms with Crippen molar-refractivity contribution in [2.24, 2.45) is 0 Å². The van der Waals surface area contributed by atoms with Crippen molar-refractivity contribution in [3.05, 3.63) is 11.6 Å². The maximum Gasteiger partial charge on any atom is 0.360 e. The molecule has 1 saturated heterocycles. The van der Waals surface area contributed by atoms with Crippen LogP contribution in [0.25, 0.3) is 0 Å². The highest BCUT2D eigenvalue weighted by Gasteiger charge is 2.25. The number of carboxylic acids is 1. The Morgan fingerprint density at radius 3 is 2.75 bits per heavy atom. The molecule has 2 heterocycles. The summed E-state index contributed by atoms with van der Waals surface area (Å²) in [6.07, 6.45) is 0.588. The number of aryl methyl sites for hydroxylation is 1. The quantitative estimate of drug-likeness (QED) is 0.820. The van der Waals surface area contributed by atoms with Crippen LogP contribution < -0.4 is 4.90 Å². The van der Waals surface area contributed by atoms with E-state index in [4.69, 9.17) is 14.3 Å². The molecule has 1 fully saturated rings. The Hall–Kier alpha value is -1.56. The third-order valence-corrected chi connectivity index (χ3v) is 2.46. The molecular formula is C10H14N2O4. The topological polar surface area (TPSA) is 75.8 Å². The Morgan fingerprint density at radius 1 is 1.50 bits per heavy atom. The normalized spacial score (nSPS) is 16.4. The van der Waals surface area contributed by atoms with Gasteiger partial charge in [0.2, 0.25) is 11.6 Å². The summed E-state index contributed by atoms with van der Waals surface area (Å²) in [5, 5.41) is 9.02. The molecule has 0 amide bonds. The van der Waals surface area contributed by atoms with Gasteiger partial charge >= 0.3 is 5.97 Å². The number of carboxylic acid groups (broad SMARTS) is 1. The Labute approximate surface area is 92.8 Å². The van der Waals surface area contributed by atoms with Crippen molar-refractivity contribution in [1.29, 1.82) is 0 Å². The van der Waals surface area contributed by atoms with Crippen LogP contribution in [0.3, 0.4) is 0 Å². The van der Waals surface area contributed by atoms with Crippen LogP contribution in [-0.4, -0.2) is 42.4 Å². The van der Waals surface area contributed by atoms with Gasteiger partial charge in [-0.25, -0.2) is 9.78 Å². The van der Waals surface area contributed by atoms with E-state index >= 15 is 0 Å². The number of hydrogen-bond acceptors (Lipinski definition) is 5. The van der Waals surface area contributed by atoms with Crippen LogP contribution in [0.2, 0.25) is 0 Å². The fourth-order valence-electron chi connectivity index (χ4n) is 1.63. The number of anilines is 1. The molecule has 0 spiro atoms. The lowest BCUT2D eigenvalue weighted by Gasteiger charge is -2.26. The third-order valence-electron chi connectivity index (χ3n) is 2.46. The number of rotatable bonds is 3. The van der Waals surface area contributed by atoms with Crippen molar-refractivity contribution in [2.75, 3.05) is 31.2 Å². The average Bonchev–Trinajstić information content (AvgIpc) is 2.74. The first-order valence-electron chi connectivity index (χ1n) is 5.28. The molecule has 6 heteroatoms. The second-order valence-electron chi connectivity index (χ2n) is 3.52. The minimum absolute atomic E-state index is 0.00116. The van der Waals surface area contributed by atoms with Gasteiger partial charge in [-0.3, -0.25) is 0 Å². The fraction of sp³-hybridized carbons (Fsp3) is 0.600. The van der Waals surface area contributed by atoms with Crippen molar-refractivity contribution in [3.63, 3.8) is 0 Å². The summed E-state index contributed by atoms with van der Waals surface area (Å²) in [5.41, 5.74) is -0.00116. The van der Waals surface area contributed by atoms with Gasteiger partial charge in [-0.2, -0.15) is 0 Å². The van der Waals surface area contributed by atoms with Crippen LogP contribution in [0, 0.1) is 0 Å². The van der Waals surface area contributed by atoms with Gasteiger partial charge in [-0.1, -0.05) is 6.92 Å². The average molecular weight is 226 g/mol. The number of morpholine rings is 1. The highest BCUT2D eigenvalue weighted by Crippen LogP contribution is 2.23. The molecule has 0 atom stereocenters. The molecule has 0 radical (unpaired) electrons. The zero-order valence-corrected chi connectivity index (χ0v) is 9.10. The van der Waals surface area contributed by atoms with E-state index in [1.807, 2.05) is 11.8 Å². The Morgan fingerprint density at radius 2 is 2.19 bits per heavy atom. The molecule has 2 rings (SSSR count). The predicted molar refractivity (Wildman–Crippen MR) is 55.9 cm³/mol. The number of nitrogens with zero attached hydrogens (tertiary/aromatic N) is 2. The summed E-state index contributed by atoms with van der Waals surface area (Å²) >= 11 is 0. The van der Waals surface area contributed by atoms with Crippen molar-refractivity contribution in [2.45, 2.75) is 13.3 Å². The van der Waals surface area contributed by atoms with Crippen molar-refractivity contribution in [3.8, 4) is 0 Å². The standard InChI is InChI=1S/C10H14N2O4/c1-2-7-11-8(10(13)14)9(16-7)12-3-5-15-6-4-12/h2-6H2,1H3,(H,13,14). The molecule has 6 nitrogen and oxygen atoms in total. The summed E-state index contributed by atoms with van der Waals surface area (Å²) in [4.78, 5) is 16.8. The van der Waals surface area contributed by atoms with Gasteiger partial charge in [0.05, 0.1) is 13.2 Å². The SMILES string of the molecule is CCc1nc(C(=O)O)c(N2CCOCC2)o1. The molecule has 0 aliphatic carbocycles. The fourth-order valence-corrected chi connectivity index (χ4v) is 1.63. The number of hydrogen-bond donors (Lipinski definition) is 1. The van der Waals surface area contributed by atoms with Gasteiger partial charge in [0.1, 0.15) is 0 Å². The van der Waals surface area contributed by atoms with E-state index in [0.29, 0.717) is 44.5 Å². The number of aromatic nitrogens is 1. The van der Waals surface area contributed by atoms with Crippen LogP contribution in [0.4, 0.5) is 5.88 Å². The highest BCUT2D eigenvalue weighted by atomic mass is 16.5. The van der Waals surface area contributed by atoms with E-state index in [9.17, 15) is 4.79 Å². The molecule has 1 aliphatic rings. The number of oxazole rings is 1. The molecule has 0 aromatic carbocycles. The first-order valence-corrected chi connectivity index (χ1v) is 5.28. The maximum atomic E-state index is 11.0. The van der Waals surface area contributed by atoms with Gasteiger partial charge in [0.25, 0.3) is 0 Å². The molecule has 16 heavy (non-hydrogen) atoms. The van der Waals surface area contributed by atoms with Gasteiger partial charge < -0.3 is 19.2 Å². The van der Waals surface area contributed by atoms with E-state index < -0.39 is 5.97 Å². The molecule has 0 unspecified atom stereocenters. The largest absolute Gasteiger partial charge is 0.476 e. The van der Waals surface area contributed by atoms with Crippen molar-refractivity contribution < 1.29 is 19.1 Å². The van der Waals surface area contributed by atoms with Gasteiger partial charge in [-0.15, -0.1) is 0 Å². The van der Waals surface area contributed by atoms with E-state index in [1.54, 1.807) is 0 Å². The molecule has 1 aromatic rings. The van der Waals surface area contributed by atoms with E-state index in [1.165, 1.54) is 0 Å². The highest BCUT2D eigenvalue weighted by molar-refractivity contribution is 5.90. The molecule has 1 aromatic heterocycles. The lowest BCUT2D eigenvalue weighted by molar-refractivity contribution is 0.0689. The zero-order valence-electron chi connectivity index (χ0n) is 9.10. The second-order valence-corrected chi connectivity index (χ2v) is 3.52. The first kappa shape index (κ1) is 10.9. The zero-order chi connectivity index (χ0) is 11.5. The summed E-state index contributed by atoms with van der Waals surface area (Å²) in [5.74, 6) is -0.239. The Balaban J connectivity index is 2.29. The smallest absolute Gasteiger partial charge is 0.360 e. The van der Waals surface area contributed by atoms with Crippen LogP contribution in [-0.2, 0) is 11.2 Å². The minimum Gasteiger partial charge on any atom is -0.476 e. The van der Waals surface area contributed by atoms with Crippen molar-refractivity contribution in [1.82, 2.24) is 4.98 Å². The van der Waals surface area contributed by atoms with Crippen molar-refractivity contribution >= 4 is 11.9 Å². The van der Waals surface area contributed by atoms with E-state index in [0.717, 1.165) is 0 Å². The summed E-state index contributed by atoms with van der Waals surface area (Å²) in [6, 6.07) is 0. The monoisotopic (exact) mass is 226 g/mol. The first-order chi connectivity index (χ1) is 7.72. The third kappa shape index (κ3) is 2.01. The Kier molecular flexibility index (Phi) is 3.09. The summed E-state index contributed by atoms with van der Waals surface area (Å²) in [6.45, 7) is 4.32. The van der Waals surface area contributed by atoms with E-state index in [2.05, 4.69) is 4.98 Å². The predicted octanol–water partition coefficient (Wildman–Crippen LogP) is 0.772. The van der Waals surface area contributed by atoms with E-state index in [-0.39, 0.29) is 5.69 Å². The van der Waals surface area contributed by atoms with Crippen LogP contribution in [0.1, 0.15) is 23.3 Å². The number of ether oxygens (including phenoxy) is 1. The Bertz CT molecular complexity index is 382. The maximum absolute atomic E-state index is 11.0. The minimum atomic E-state index is -1.05. The lowest BCUT2D eigenvalue weighted by atomic mass is 10.3.